The molecule has 0 aliphatic heterocycles. The molecular weight excluding hydrogens is 338 g/mol. The van der Waals surface area contributed by atoms with Crippen molar-refractivity contribution in [2.75, 3.05) is 17.7 Å². The Morgan fingerprint density at radius 3 is 2.80 bits per heavy atom. The second kappa shape index (κ2) is 7.81. The molecule has 0 aliphatic rings. The van der Waals surface area contributed by atoms with Crippen molar-refractivity contribution in [3.63, 3.8) is 0 Å². The molecule has 0 radical (unpaired) electrons. The van der Waals surface area contributed by atoms with Crippen LogP contribution in [0.2, 0.25) is 5.02 Å². The molecule has 0 aliphatic carbocycles. The van der Waals surface area contributed by atoms with Crippen molar-refractivity contribution in [1.29, 1.82) is 0 Å². The van der Waals surface area contributed by atoms with E-state index in [0.717, 1.165) is 22.6 Å². The largest absolute Gasteiger partial charge is 0.496 e. The Kier molecular flexibility index (Phi) is 5.30. The first kappa shape index (κ1) is 17.0. The summed E-state index contributed by atoms with van der Waals surface area (Å²) in [4.78, 5) is 4.43. The smallest absolute Gasteiger partial charge is 0.244 e. The summed E-state index contributed by atoms with van der Waals surface area (Å²) >= 11 is 5.98. The van der Waals surface area contributed by atoms with Crippen molar-refractivity contribution in [3.8, 4) is 5.75 Å². The number of nitrogens with zero attached hydrogens (tertiary/aromatic N) is 3. The van der Waals surface area contributed by atoms with E-state index in [9.17, 15) is 0 Å². The van der Waals surface area contributed by atoms with E-state index in [0.29, 0.717) is 23.3 Å². The number of halogens is 1. The van der Waals surface area contributed by atoms with Gasteiger partial charge in [0.25, 0.3) is 0 Å². The highest BCUT2D eigenvalue weighted by Crippen LogP contribution is 2.23. The minimum absolute atomic E-state index is 0.433. The van der Waals surface area contributed by atoms with Crippen LogP contribution < -0.4 is 15.4 Å². The van der Waals surface area contributed by atoms with Crippen LogP contribution in [-0.2, 0) is 6.54 Å². The van der Waals surface area contributed by atoms with Gasteiger partial charge in [-0.1, -0.05) is 29.8 Å². The zero-order valence-corrected chi connectivity index (χ0v) is 14.7. The topological polar surface area (TPSA) is 72.0 Å². The van der Waals surface area contributed by atoms with Gasteiger partial charge < -0.3 is 15.4 Å². The second-order valence-electron chi connectivity index (χ2n) is 5.41. The number of ether oxygens (including phenoxy) is 1. The monoisotopic (exact) mass is 355 g/mol. The van der Waals surface area contributed by atoms with Gasteiger partial charge in [0.2, 0.25) is 5.95 Å². The molecule has 0 amide bonds. The van der Waals surface area contributed by atoms with Gasteiger partial charge in [-0.25, -0.2) is 0 Å². The first-order valence-electron chi connectivity index (χ1n) is 7.74. The van der Waals surface area contributed by atoms with Gasteiger partial charge >= 0.3 is 0 Å². The van der Waals surface area contributed by atoms with Gasteiger partial charge in [-0.05, 0) is 36.8 Å². The summed E-state index contributed by atoms with van der Waals surface area (Å²) in [6, 6.07) is 13.4. The molecule has 0 unspecified atom stereocenters. The minimum atomic E-state index is 0.433. The third kappa shape index (κ3) is 4.36. The molecule has 3 rings (SSSR count). The Morgan fingerprint density at radius 1 is 1.16 bits per heavy atom. The first-order valence-corrected chi connectivity index (χ1v) is 8.12. The average Bonchev–Trinajstić information content (AvgIpc) is 2.63. The molecule has 0 fully saturated rings. The maximum atomic E-state index is 5.98. The van der Waals surface area contributed by atoms with Gasteiger partial charge in [-0.15, -0.1) is 5.10 Å². The van der Waals surface area contributed by atoms with E-state index in [1.165, 1.54) is 0 Å². The SMILES string of the molecule is COc1ccccc1CNc1nncc(Nc2ccc(Cl)cc2C)n1. The van der Waals surface area contributed by atoms with Gasteiger partial charge in [-0.2, -0.15) is 10.1 Å². The Labute approximate surface area is 151 Å². The second-order valence-corrected chi connectivity index (χ2v) is 5.85. The van der Waals surface area contributed by atoms with Crippen LogP contribution in [-0.4, -0.2) is 22.3 Å². The zero-order valence-electron chi connectivity index (χ0n) is 14.0. The van der Waals surface area contributed by atoms with Crippen molar-refractivity contribution in [3.05, 3.63) is 64.8 Å². The number of hydrogen-bond acceptors (Lipinski definition) is 6. The Morgan fingerprint density at radius 2 is 2.00 bits per heavy atom. The van der Waals surface area contributed by atoms with Crippen molar-refractivity contribution in [2.45, 2.75) is 13.5 Å². The number of hydrogen-bond donors (Lipinski definition) is 2. The molecule has 0 saturated carbocycles. The molecule has 2 aromatic carbocycles. The quantitative estimate of drug-likeness (QED) is 0.690. The fourth-order valence-corrected chi connectivity index (χ4v) is 2.59. The fourth-order valence-electron chi connectivity index (χ4n) is 2.37. The van der Waals surface area contributed by atoms with Crippen LogP contribution in [0.15, 0.2) is 48.7 Å². The first-order chi connectivity index (χ1) is 12.2. The number of aromatic nitrogens is 3. The lowest BCUT2D eigenvalue weighted by atomic mass is 10.2. The Hall–Kier alpha value is -2.86. The Balaban J connectivity index is 1.71. The fraction of sp³-hybridized carbons (Fsp3) is 0.167. The predicted octanol–water partition coefficient (Wildman–Crippen LogP) is 4.20. The average molecular weight is 356 g/mol. The van der Waals surface area contributed by atoms with Crippen LogP contribution in [0.25, 0.3) is 0 Å². The van der Waals surface area contributed by atoms with E-state index in [2.05, 4.69) is 25.8 Å². The summed E-state index contributed by atoms with van der Waals surface area (Å²) in [7, 11) is 1.65. The lowest BCUT2D eigenvalue weighted by Crippen LogP contribution is -2.07. The van der Waals surface area contributed by atoms with Gasteiger partial charge in [0, 0.05) is 22.8 Å². The number of aryl methyl sites for hydroxylation is 1. The summed E-state index contributed by atoms with van der Waals surface area (Å²) in [5, 5.41) is 15.1. The van der Waals surface area contributed by atoms with Gasteiger partial charge in [0.15, 0.2) is 5.82 Å². The molecule has 0 spiro atoms. The molecule has 1 aromatic heterocycles. The number of rotatable bonds is 6. The number of methoxy groups -OCH3 is 1. The molecule has 0 atom stereocenters. The molecule has 7 heteroatoms. The summed E-state index contributed by atoms with van der Waals surface area (Å²) in [5.74, 6) is 1.85. The lowest BCUT2D eigenvalue weighted by molar-refractivity contribution is 0.410. The van der Waals surface area contributed by atoms with Gasteiger partial charge in [0.05, 0.1) is 13.3 Å². The lowest BCUT2D eigenvalue weighted by Gasteiger charge is -2.11. The molecule has 128 valence electrons. The van der Waals surface area contributed by atoms with Crippen LogP contribution in [0.1, 0.15) is 11.1 Å². The van der Waals surface area contributed by atoms with Gasteiger partial charge in [-0.3, -0.25) is 0 Å². The van der Waals surface area contributed by atoms with Crippen LogP contribution in [0.3, 0.4) is 0 Å². The van der Waals surface area contributed by atoms with Crippen molar-refractivity contribution < 1.29 is 4.74 Å². The standard InChI is InChI=1S/C18H18ClN5O/c1-12-9-14(19)7-8-15(12)22-17-11-21-24-18(23-17)20-10-13-5-3-4-6-16(13)25-2/h3-9,11H,10H2,1-2H3,(H2,20,22,23,24). The number of para-hydroxylation sites is 1. The highest BCUT2D eigenvalue weighted by molar-refractivity contribution is 6.30. The van der Waals surface area contributed by atoms with Crippen LogP contribution in [0, 0.1) is 6.92 Å². The molecule has 1 heterocycles. The Bertz CT molecular complexity index is 872. The van der Waals surface area contributed by atoms with Crippen LogP contribution >= 0.6 is 11.6 Å². The van der Waals surface area contributed by atoms with Gasteiger partial charge in [0.1, 0.15) is 5.75 Å². The highest BCUT2D eigenvalue weighted by atomic mass is 35.5. The number of anilines is 3. The summed E-state index contributed by atoms with van der Waals surface area (Å²) in [6.45, 7) is 2.51. The third-order valence-corrected chi connectivity index (χ3v) is 3.87. The molecule has 3 aromatic rings. The summed E-state index contributed by atoms with van der Waals surface area (Å²) in [6.07, 6.45) is 1.57. The van der Waals surface area contributed by atoms with E-state index >= 15 is 0 Å². The molecule has 2 N–H and O–H groups in total. The van der Waals surface area contributed by atoms with E-state index < -0.39 is 0 Å². The van der Waals surface area contributed by atoms with E-state index in [1.54, 1.807) is 13.3 Å². The highest BCUT2D eigenvalue weighted by Gasteiger charge is 2.06. The molecule has 0 bridgehead atoms. The third-order valence-electron chi connectivity index (χ3n) is 3.64. The molecule has 6 nitrogen and oxygen atoms in total. The normalized spacial score (nSPS) is 10.4. The van der Waals surface area contributed by atoms with E-state index in [-0.39, 0.29) is 0 Å². The van der Waals surface area contributed by atoms with Crippen molar-refractivity contribution in [2.24, 2.45) is 0 Å². The van der Waals surface area contributed by atoms with E-state index in [1.807, 2.05) is 49.4 Å². The summed E-state index contributed by atoms with van der Waals surface area (Å²) < 4.78 is 5.34. The molecular formula is C18H18ClN5O. The number of benzene rings is 2. The molecule has 25 heavy (non-hydrogen) atoms. The van der Waals surface area contributed by atoms with Crippen LogP contribution in [0.5, 0.6) is 5.75 Å². The van der Waals surface area contributed by atoms with Crippen molar-refractivity contribution in [1.82, 2.24) is 15.2 Å². The zero-order chi connectivity index (χ0) is 17.6. The van der Waals surface area contributed by atoms with Crippen molar-refractivity contribution >= 4 is 29.1 Å². The summed E-state index contributed by atoms with van der Waals surface area (Å²) in [5.41, 5.74) is 2.95. The van der Waals surface area contributed by atoms with E-state index in [4.69, 9.17) is 16.3 Å². The maximum absolute atomic E-state index is 5.98. The maximum Gasteiger partial charge on any atom is 0.244 e. The number of nitrogens with one attached hydrogen (secondary N) is 2. The molecule has 0 saturated heterocycles. The minimum Gasteiger partial charge on any atom is -0.496 e. The predicted molar refractivity (Wildman–Crippen MR) is 99.6 cm³/mol. The van der Waals surface area contributed by atoms with Crippen LogP contribution in [0.4, 0.5) is 17.5 Å².